The van der Waals surface area contributed by atoms with E-state index in [9.17, 15) is 0 Å². The van der Waals surface area contributed by atoms with Gasteiger partial charge in [0.1, 0.15) is 23.7 Å². The quantitative estimate of drug-likeness (QED) is 0.871. The predicted molar refractivity (Wildman–Crippen MR) is 99.6 cm³/mol. The van der Waals surface area contributed by atoms with E-state index in [1.807, 2.05) is 18.2 Å². The van der Waals surface area contributed by atoms with Crippen molar-refractivity contribution in [2.45, 2.75) is 19.3 Å². The Hall–Kier alpha value is -2.34. The summed E-state index contributed by atoms with van der Waals surface area (Å²) in [6, 6.07) is 10.2. The van der Waals surface area contributed by atoms with Crippen LogP contribution in [0.3, 0.4) is 0 Å². The SMILES string of the molecule is COc1ccc(C(C)(C)CNc2cc(N3CCOCC3)ncn2)cc1. The molecule has 0 unspecified atom stereocenters. The van der Waals surface area contributed by atoms with E-state index in [1.54, 1.807) is 13.4 Å². The highest BCUT2D eigenvalue weighted by molar-refractivity contribution is 5.49. The molecule has 0 aliphatic carbocycles. The number of hydrogen-bond donors (Lipinski definition) is 1. The normalized spacial score (nSPS) is 15.1. The van der Waals surface area contributed by atoms with Crippen LogP contribution in [0.5, 0.6) is 5.75 Å². The minimum Gasteiger partial charge on any atom is -0.497 e. The van der Waals surface area contributed by atoms with Crippen LogP contribution in [0.1, 0.15) is 19.4 Å². The third kappa shape index (κ3) is 4.39. The molecule has 1 aliphatic rings. The summed E-state index contributed by atoms with van der Waals surface area (Å²) in [5, 5.41) is 3.45. The van der Waals surface area contributed by atoms with Crippen molar-refractivity contribution in [3.05, 3.63) is 42.2 Å². The maximum absolute atomic E-state index is 5.40. The second kappa shape index (κ2) is 7.70. The molecule has 1 fully saturated rings. The molecule has 0 bridgehead atoms. The summed E-state index contributed by atoms with van der Waals surface area (Å²) in [6.07, 6.45) is 1.62. The Morgan fingerprint density at radius 2 is 1.88 bits per heavy atom. The number of anilines is 2. The summed E-state index contributed by atoms with van der Waals surface area (Å²) < 4.78 is 10.6. The lowest BCUT2D eigenvalue weighted by Crippen LogP contribution is -2.36. The van der Waals surface area contributed by atoms with Crippen LogP contribution < -0.4 is 15.0 Å². The van der Waals surface area contributed by atoms with Crippen LogP contribution >= 0.6 is 0 Å². The lowest BCUT2D eigenvalue weighted by atomic mass is 9.84. The Balaban J connectivity index is 1.65. The smallest absolute Gasteiger partial charge is 0.134 e. The van der Waals surface area contributed by atoms with Crippen molar-refractivity contribution >= 4 is 11.6 Å². The summed E-state index contributed by atoms with van der Waals surface area (Å²) in [6.45, 7) is 8.44. The number of aromatic nitrogens is 2. The highest BCUT2D eigenvalue weighted by Crippen LogP contribution is 2.26. The molecule has 0 amide bonds. The van der Waals surface area contributed by atoms with E-state index in [0.717, 1.165) is 50.2 Å². The number of hydrogen-bond acceptors (Lipinski definition) is 6. The van der Waals surface area contributed by atoms with Crippen LogP contribution in [0.4, 0.5) is 11.6 Å². The van der Waals surface area contributed by atoms with Crippen molar-refractivity contribution in [3.8, 4) is 5.75 Å². The van der Waals surface area contributed by atoms with Gasteiger partial charge in [-0.05, 0) is 17.7 Å². The van der Waals surface area contributed by atoms with E-state index in [0.29, 0.717) is 0 Å². The summed E-state index contributed by atoms with van der Waals surface area (Å²) in [4.78, 5) is 11.0. The van der Waals surface area contributed by atoms with E-state index in [1.165, 1.54) is 5.56 Å². The van der Waals surface area contributed by atoms with E-state index < -0.39 is 0 Å². The Morgan fingerprint density at radius 1 is 1.16 bits per heavy atom. The highest BCUT2D eigenvalue weighted by atomic mass is 16.5. The van der Waals surface area contributed by atoms with Gasteiger partial charge in [0, 0.05) is 31.1 Å². The zero-order chi connectivity index (χ0) is 17.7. The van der Waals surface area contributed by atoms with Crippen molar-refractivity contribution in [2.24, 2.45) is 0 Å². The van der Waals surface area contributed by atoms with Crippen molar-refractivity contribution in [1.29, 1.82) is 0 Å². The lowest BCUT2D eigenvalue weighted by molar-refractivity contribution is 0.122. The number of morpholine rings is 1. The van der Waals surface area contributed by atoms with Crippen molar-refractivity contribution < 1.29 is 9.47 Å². The number of rotatable bonds is 6. The molecule has 6 heteroatoms. The molecular formula is C19H26N4O2. The molecule has 1 aromatic carbocycles. The topological polar surface area (TPSA) is 59.5 Å². The fourth-order valence-electron chi connectivity index (χ4n) is 2.86. The molecular weight excluding hydrogens is 316 g/mol. The molecule has 2 heterocycles. The standard InChI is InChI=1S/C19H26N4O2/c1-19(2,15-4-6-16(24-3)7-5-15)13-20-17-12-18(22-14-21-17)23-8-10-25-11-9-23/h4-7,12,14H,8-11,13H2,1-3H3,(H,20,21,22). The van der Waals surface area contributed by atoms with Crippen molar-refractivity contribution in [2.75, 3.05) is 50.2 Å². The number of methoxy groups -OCH3 is 1. The molecule has 134 valence electrons. The summed E-state index contributed by atoms with van der Waals surface area (Å²) in [5.41, 5.74) is 1.22. The van der Waals surface area contributed by atoms with Crippen LogP contribution in [-0.2, 0) is 10.2 Å². The number of ether oxygens (including phenoxy) is 2. The lowest BCUT2D eigenvalue weighted by Gasteiger charge is -2.28. The Kier molecular flexibility index (Phi) is 5.38. The first-order valence-corrected chi connectivity index (χ1v) is 8.62. The maximum atomic E-state index is 5.40. The third-order valence-corrected chi connectivity index (χ3v) is 4.57. The number of benzene rings is 1. The second-order valence-corrected chi connectivity index (χ2v) is 6.83. The van der Waals surface area contributed by atoms with Gasteiger partial charge in [0.2, 0.25) is 0 Å². The van der Waals surface area contributed by atoms with Crippen LogP contribution in [0.15, 0.2) is 36.7 Å². The predicted octanol–water partition coefficient (Wildman–Crippen LogP) is 2.71. The average Bonchev–Trinajstić information content (AvgIpc) is 2.67. The molecule has 0 radical (unpaired) electrons. The van der Waals surface area contributed by atoms with Gasteiger partial charge < -0.3 is 19.7 Å². The Labute approximate surface area is 149 Å². The molecule has 1 N–H and O–H groups in total. The molecule has 1 aromatic heterocycles. The van der Waals surface area contributed by atoms with Gasteiger partial charge in [0.25, 0.3) is 0 Å². The van der Waals surface area contributed by atoms with E-state index in [4.69, 9.17) is 9.47 Å². The van der Waals surface area contributed by atoms with Crippen molar-refractivity contribution in [3.63, 3.8) is 0 Å². The van der Waals surface area contributed by atoms with Gasteiger partial charge in [-0.15, -0.1) is 0 Å². The third-order valence-electron chi connectivity index (χ3n) is 4.57. The number of nitrogens with zero attached hydrogens (tertiary/aromatic N) is 3. The summed E-state index contributed by atoms with van der Waals surface area (Å²) >= 11 is 0. The molecule has 1 aliphatic heterocycles. The fourth-order valence-corrected chi connectivity index (χ4v) is 2.86. The fraction of sp³-hybridized carbons (Fsp3) is 0.474. The minimum absolute atomic E-state index is 0.0314. The van der Waals surface area contributed by atoms with Gasteiger partial charge >= 0.3 is 0 Å². The first-order valence-electron chi connectivity index (χ1n) is 8.62. The average molecular weight is 342 g/mol. The highest BCUT2D eigenvalue weighted by Gasteiger charge is 2.21. The van der Waals surface area contributed by atoms with Crippen LogP contribution in [0.25, 0.3) is 0 Å². The van der Waals surface area contributed by atoms with E-state index in [2.05, 4.69) is 46.2 Å². The van der Waals surface area contributed by atoms with Gasteiger partial charge in [-0.3, -0.25) is 0 Å². The largest absolute Gasteiger partial charge is 0.497 e. The van der Waals surface area contributed by atoms with Gasteiger partial charge in [-0.2, -0.15) is 0 Å². The first-order chi connectivity index (χ1) is 12.1. The summed E-state index contributed by atoms with van der Waals surface area (Å²) in [5.74, 6) is 2.67. The second-order valence-electron chi connectivity index (χ2n) is 6.83. The molecule has 1 saturated heterocycles. The molecule has 0 spiro atoms. The zero-order valence-electron chi connectivity index (χ0n) is 15.2. The van der Waals surface area contributed by atoms with Gasteiger partial charge in [-0.1, -0.05) is 26.0 Å². The minimum atomic E-state index is -0.0314. The zero-order valence-corrected chi connectivity index (χ0v) is 15.2. The molecule has 25 heavy (non-hydrogen) atoms. The molecule has 0 atom stereocenters. The van der Waals surface area contributed by atoms with Gasteiger partial charge in [0.15, 0.2) is 0 Å². The summed E-state index contributed by atoms with van der Waals surface area (Å²) in [7, 11) is 1.68. The van der Waals surface area contributed by atoms with Crippen molar-refractivity contribution in [1.82, 2.24) is 9.97 Å². The van der Waals surface area contributed by atoms with Gasteiger partial charge in [0.05, 0.1) is 20.3 Å². The van der Waals surface area contributed by atoms with E-state index in [-0.39, 0.29) is 5.41 Å². The van der Waals surface area contributed by atoms with Crippen LogP contribution in [0, 0.1) is 0 Å². The van der Waals surface area contributed by atoms with Gasteiger partial charge in [-0.25, -0.2) is 9.97 Å². The first kappa shape index (κ1) is 17.5. The molecule has 2 aromatic rings. The van der Waals surface area contributed by atoms with Crippen LogP contribution in [-0.4, -0.2) is 49.9 Å². The molecule has 0 saturated carbocycles. The molecule has 6 nitrogen and oxygen atoms in total. The maximum Gasteiger partial charge on any atom is 0.134 e. The molecule has 3 rings (SSSR count). The Bertz CT molecular complexity index is 682. The van der Waals surface area contributed by atoms with Crippen LogP contribution in [0.2, 0.25) is 0 Å². The number of nitrogens with one attached hydrogen (secondary N) is 1. The van der Waals surface area contributed by atoms with E-state index >= 15 is 0 Å². The monoisotopic (exact) mass is 342 g/mol. The Morgan fingerprint density at radius 3 is 2.56 bits per heavy atom.